The molecule has 16 heavy (non-hydrogen) atoms. The molecule has 84 valence electrons. The van der Waals surface area contributed by atoms with E-state index in [0.717, 1.165) is 22.5 Å². The normalized spacial score (nSPS) is 11.7. The molecule has 0 bridgehead atoms. The van der Waals surface area contributed by atoms with Crippen LogP contribution < -0.4 is 0 Å². The average Bonchev–Trinajstić information content (AvgIpc) is 2.64. The van der Waals surface area contributed by atoms with Crippen molar-refractivity contribution in [1.82, 2.24) is 20.2 Å². The topological polar surface area (TPSA) is 43.6 Å². The summed E-state index contributed by atoms with van der Waals surface area (Å²) in [7, 11) is 6.35. The second kappa shape index (κ2) is 4.02. The molecular weight excluding hydrogens is 202 g/mol. The number of para-hydroxylation sites is 1. The third-order valence-electron chi connectivity index (χ3n) is 2.15. The zero-order valence-corrected chi connectivity index (χ0v) is 9.83. The second-order valence-corrected chi connectivity index (χ2v) is 4.79. The Bertz CT molecular complexity index is 455. The SMILES string of the molecule is C[N+](C)(C)Cc1nnnn1-c1ccccc1. The number of aromatic nitrogens is 4. The Morgan fingerprint density at radius 2 is 1.81 bits per heavy atom. The molecule has 5 heteroatoms. The van der Waals surface area contributed by atoms with Gasteiger partial charge >= 0.3 is 0 Å². The molecule has 1 heterocycles. The van der Waals surface area contributed by atoms with E-state index in [-0.39, 0.29) is 0 Å². The van der Waals surface area contributed by atoms with Gasteiger partial charge in [0.25, 0.3) is 0 Å². The van der Waals surface area contributed by atoms with Gasteiger partial charge in [0.2, 0.25) is 5.82 Å². The van der Waals surface area contributed by atoms with E-state index in [1.54, 1.807) is 4.68 Å². The van der Waals surface area contributed by atoms with Gasteiger partial charge in [0.15, 0.2) is 0 Å². The summed E-state index contributed by atoms with van der Waals surface area (Å²) in [6, 6.07) is 9.93. The second-order valence-electron chi connectivity index (χ2n) is 4.79. The zero-order valence-electron chi connectivity index (χ0n) is 9.83. The molecule has 0 spiro atoms. The summed E-state index contributed by atoms with van der Waals surface area (Å²) < 4.78 is 2.58. The van der Waals surface area contributed by atoms with Gasteiger partial charge in [-0.05, 0) is 22.6 Å². The molecule has 2 rings (SSSR count). The van der Waals surface area contributed by atoms with Gasteiger partial charge in [-0.2, -0.15) is 4.68 Å². The maximum Gasteiger partial charge on any atom is 0.211 e. The molecule has 0 atom stereocenters. The standard InChI is InChI=1S/C11H16N5/c1-16(2,3)9-11-12-13-14-15(11)10-7-5-4-6-8-10/h4-8H,9H2,1-3H3/q+1. The minimum absolute atomic E-state index is 0.794. The molecule has 1 aromatic heterocycles. The molecule has 0 aliphatic carbocycles. The highest BCUT2D eigenvalue weighted by Crippen LogP contribution is 2.09. The Kier molecular flexibility index (Phi) is 2.70. The zero-order chi connectivity index (χ0) is 11.6. The Morgan fingerprint density at radius 1 is 1.12 bits per heavy atom. The fourth-order valence-electron chi connectivity index (χ4n) is 1.50. The summed E-state index contributed by atoms with van der Waals surface area (Å²) in [4.78, 5) is 0. The van der Waals surface area contributed by atoms with Gasteiger partial charge in [-0.25, -0.2) is 0 Å². The largest absolute Gasteiger partial charge is 0.324 e. The highest BCUT2D eigenvalue weighted by atomic mass is 15.6. The van der Waals surface area contributed by atoms with Crippen molar-refractivity contribution in [1.29, 1.82) is 0 Å². The fourth-order valence-corrected chi connectivity index (χ4v) is 1.50. The number of hydrogen-bond acceptors (Lipinski definition) is 3. The van der Waals surface area contributed by atoms with E-state index >= 15 is 0 Å². The van der Waals surface area contributed by atoms with Crippen molar-refractivity contribution in [3.63, 3.8) is 0 Å². The van der Waals surface area contributed by atoms with Crippen LogP contribution >= 0.6 is 0 Å². The molecule has 0 unspecified atom stereocenters. The van der Waals surface area contributed by atoms with E-state index in [2.05, 4.69) is 36.7 Å². The lowest BCUT2D eigenvalue weighted by Crippen LogP contribution is -2.34. The predicted molar refractivity (Wildman–Crippen MR) is 60.9 cm³/mol. The van der Waals surface area contributed by atoms with Crippen LogP contribution in [0.25, 0.3) is 5.69 Å². The summed E-state index contributed by atoms with van der Waals surface area (Å²) in [6.45, 7) is 0.794. The maximum absolute atomic E-state index is 4.06. The number of quaternary nitrogens is 1. The molecule has 1 aromatic carbocycles. The first-order valence-corrected chi connectivity index (χ1v) is 5.19. The fraction of sp³-hybridized carbons (Fsp3) is 0.364. The summed E-state index contributed by atoms with van der Waals surface area (Å²) >= 11 is 0. The van der Waals surface area contributed by atoms with Crippen molar-refractivity contribution >= 4 is 0 Å². The van der Waals surface area contributed by atoms with Crippen LogP contribution in [0.15, 0.2) is 30.3 Å². The summed E-state index contributed by atoms with van der Waals surface area (Å²) in [5, 5.41) is 11.8. The first-order chi connectivity index (χ1) is 7.56. The average molecular weight is 218 g/mol. The van der Waals surface area contributed by atoms with Crippen molar-refractivity contribution in [3.8, 4) is 5.69 Å². The molecule has 0 radical (unpaired) electrons. The van der Waals surface area contributed by atoms with Gasteiger partial charge in [0.1, 0.15) is 6.54 Å². The molecule has 2 aromatic rings. The van der Waals surface area contributed by atoms with E-state index < -0.39 is 0 Å². The quantitative estimate of drug-likeness (QED) is 0.718. The Morgan fingerprint density at radius 3 is 2.44 bits per heavy atom. The number of rotatable bonds is 3. The molecule has 0 amide bonds. The van der Waals surface area contributed by atoms with E-state index in [0.29, 0.717) is 0 Å². The smallest absolute Gasteiger partial charge is 0.211 e. The van der Waals surface area contributed by atoms with Crippen LogP contribution in [0.2, 0.25) is 0 Å². The molecule has 0 aliphatic rings. The highest BCUT2D eigenvalue weighted by Gasteiger charge is 2.16. The van der Waals surface area contributed by atoms with Crippen molar-refractivity contribution in [2.75, 3.05) is 21.1 Å². The van der Waals surface area contributed by atoms with E-state index in [9.17, 15) is 0 Å². The van der Waals surface area contributed by atoms with Crippen LogP contribution in [0.1, 0.15) is 5.82 Å². The van der Waals surface area contributed by atoms with Gasteiger partial charge in [0, 0.05) is 0 Å². The van der Waals surface area contributed by atoms with Crippen LogP contribution in [-0.2, 0) is 6.54 Å². The Labute approximate surface area is 94.9 Å². The third-order valence-corrected chi connectivity index (χ3v) is 2.15. The molecule has 0 aliphatic heterocycles. The lowest BCUT2D eigenvalue weighted by atomic mass is 10.3. The Balaban J connectivity index is 2.33. The van der Waals surface area contributed by atoms with Crippen molar-refractivity contribution in [3.05, 3.63) is 36.2 Å². The number of tetrazole rings is 1. The van der Waals surface area contributed by atoms with Crippen LogP contribution in [0.3, 0.4) is 0 Å². The number of benzene rings is 1. The minimum Gasteiger partial charge on any atom is -0.324 e. The van der Waals surface area contributed by atoms with Crippen molar-refractivity contribution in [2.24, 2.45) is 0 Å². The summed E-state index contributed by atoms with van der Waals surface area (Å²) in [5.74, 6) is 0.874. The van der Waals surface area contributed by atoms with Crippen molar-refractivity contribution < 1.29 is 4.48 Å². The van der Waals surface area contributed by atoms with Gasteiger partial charge in [-0.1, -0.05) is 18.2 Å². The van der Waals surface area contributed by atoms with Crippen LogP contribution in [0.4, 0.5) is 0 Å². The monoisotopic (exact) mass is 218 g/mol. The van der Waals surface area contributed by atoms with Crippen LogP contribution in [0, 0.1) is 0 Å². The van der Waals surface area contributed by atoms with Crippen LogP contribution in [0.5, 0.6) is 0 Å². The van der Waals surface area contributed by atoms with Crippen molar-refractivity contribution in [2.45, 2.75) is 6.54 Å². The van der Waals surface area contributed by atoms with Gasteiger partial charge in [0.05, 0.1) is 26.8 Å². The molecular formula is C11H16N5+. The lowest BCUT2D eigenvalue weighted by molar-refractivity contribution is -0.884. The molecule has 0 N–H and O–H groups in total. The molecule has 0 saturated heterocycles. The Hall–Kier alpha value is -1.75. The van der Waals surface area contributed by atoms with E-state index in [1.807, 2.05) is 30.3 Å². The van der Waals surface area contributed by atoms with E-state index in [4.69, 9.17) is 0 Å². The van der Waals surface area contributed by atoms with E-state index in [1.165, 1.54) is 0 Å². The highest BCUT2D eigenvalue weighted by molar-refractivity contribution is 5.30. The van der Waals surface area contributed by atoms with Gasteiger partial charge < -0.3 is 4.48 Å². The number of nitrogens with zero attached hydrogens (tertiary/aromatic N) is 5. The maximum atomic E-state index is 4.06. The summed E-state index contributed by atoms with van der Waals surface area (Å²) in [6.07, 6.45) is 0. The summed E-state index contributed by atoms with van der Waals surface area (Å²) in [5.41, 5.74) is 0.996. The lowest BCUT2D eigenvalue weighted by Gasteiger charge is -2.22. The third kappa shape index (κ3) is 2.43. The predicted octanol–water partition coefficient (Wildman–Crippen LogP) is 0.868. The molecule has 0 saturated carbocycles. The first-order valence-electron chi connectivity index (χ1n) is 5.19. The molecule has 5 nitrogen and oxygen atoms in total. The van der Waals surface area contributed by atoms with Gasteiger partial charge in [-0.15, -0.1) is 5.10 Å². The van der Waals surface area contributed by atoms with Crippen LogP contribution in [-0.4, -0.2) is 45.8 Å². The van der Waals surface area contributed by atoms with Gasteiger partial charge in [-0.3, -0.25) is 0 Å². The molecule has 0 fully saturated rings. The minimum atomic E-state index is 0.794. The number of hydrogen-bond donors (Lipinski definition) is 0. The first kappa shape index (κ1) is 10.8.